The van der Waals surface area contributed by atoms with E-state index in [9.17, 15) is 0 Å². The van der Waals surface area contributed by atoms with Crippen LogP contribution in [0.2, 0.25) is 18.6 Å². The summed E-state index contributed by atoms with van der Waals surface area (Å²) in [5, 5.41) is 0. The molecular formula is C12H26OSi. The predicted octanol–water partition coefficient (Wildman–Crippen LogP) is 4.36. The van der Waals surface area contributed by atoms with E-state index in [1.165, 1.54) is 19.3 Å². The highest BCUT2D eigenvalue weighted by Crippen LogP contribution is 2.27. The van der Waals surface area contributed by atoms with Crippen LogP contribution < -0.4 is 0 Å². The molecule has 1 nitrogen and oxygen atoms in total. The molecule has 0 bridgehead atoms. The molecular weight excluding hydrogens is 188 g/mol. The second-order valence-corrected chi connectivity index (χ2v) is 8.99. The van der Waals surface area contributed by atoms with Crippen molar-refractivity contribution >= 4 is 8.32 Å². The van der Waals surface area contributed by atoms with Gasteiger partial charge in [0.15, 0.2) is 8.32 Å². The van der Waals surface area contributed by atoms with Crippen LogP contribution in [-0.4, -0.2) is 14.9 Å². The first-order chi connectivity index (χ1) is 6.54. The molecule has 0 aromatic carbocycles. The normalized spacial score (nSPS) is 14.0. The largest absolute Gasteiger partial charge is 0.417 e. The Morgan fingerprint density at radius 1 is 1.36 bits per heavy atom. The Morgan fingerprint density at radius 2 is 2.00 bits per heavy atom. The van der Waals surface area contributed by atoms with Gasteiger partial charge in [-0.2, -0.15) is 0 Å². The highest BCUT2D eigenvalue weighted by Gasteiger charge is 2.28. The zero-order valence-corrected chi connectivity index (χ0v) is 11.3. The molecule has 84 valence electrons. The summed E-state index contributed by atoms with van der Waals surface area (Å²) in [6.45, 7) is 13.7. The Morgan fingerprint density at radius 3 is 2.50 bits per heavy atom. The zero-order valence-electron chi connectivity index (χ0n) is 10.3. The fraction of sp³-hybridized carbons (Fsp3) is 0.833. The van der Waals surface area contributed by atoms with Crippen molar-refractivity contribution in [2.45, 2.75) is 58.2 Å². The van der Waals surface area contributed by atoms with E-state index in [0.29, 0.717) is 0 Å². The van der Waals surface area contributed by atoms with Crippen LogP contribution in [0.15, 0.2) is 12.7 Å². The minimum atomic E-state index is -1.39. The fourth-order valence-corrected chi connectivity index (χ4v) is 3.53. The maximum Gasteiger partial charge on any atom is 0.189 e. The third kappa shape index (κ3) is 5.61. The van der Waals surface area contributed by atoms with Crippen molar-refractivity contribution in [1.82, 2.24) is 0 Å². The van der Waals surface area contributed by atoms with Gasteiger partial charge in [0.1, 0.15) is 0 Å². The third-order valence-corrected chi connectivity index (χ3v) is 6.69. The maximum atomic E-state index is 5.87. The topological polar surface area (TPSA) is 9.23 Å². The molecule has 0 heterocycles. The molecule has 0 saturated carbocycles. The summed E-state index contributed by atoms with van der Waals surface area (Å²) in [6, 6.07) is 0. The van der Waals surface area contributed by atoms with Gasteiger partial charge in [0.05, 0.1) is 0 Å². The van der Waals surface area contributed by atoms with Crippen molar-refractivity contribution in [2.75, 3.05) is 6.61 Å². The molecule has 0 N–H and O–H groups in total. The Kier molecular flexibility index (Phi) is 7.20. The average Bonchev–Trinajstić information content (AvgIpc) is 2.12. The van der Waals surface area contributed by atoms with Gasteiger partial charge in [-0.3, -0.25) is 0 Å². The van der Waals surface area contributed by atoms with Crippen molar-refractivity contribution in [1.29, 1.82) is 0 Å². The van der Waals surface area contributed by atoms with E-state index >= 15 is 0 Å². The van der Waals surface area contributed by atoms with E-state index in [2.05, 4.69) is 33.5 Å². The summed E-state index contributed by atoms with van der Waals surface area (Å²) in [6.07, 6.45) is 7.08. The SMILES string of the molecule is C=CCCCCC(C)[Si](C)(C)OCC. The smallest absolute Gasteiger partial charge is 0.189 e. The van der Waals surface area contributed by atoms with E-state index in [1.54, 1.807) is 0 Å². The lowest BCUT2D eigenvalue weighted by molar-refractivity contribution is 0.318. The van der Waals surface area contributed by atoms with Crippen LogP contribution in [0.25, 0.3) is 0 Å². The zero-order chi connectivity index (χ0) is 11.0. The summed E-state index contributed by atoms with van der Waals surface area (Å²) in [5.41, 5.74) is 0.771. The van der Waals surface area contributed by atoms with Crippen LogP contribution in [0.5, 0.6) is 0 Å². The number of hydrogen-bond donors (Lipinski definition) is 0. The summed E-state index contributed by atoms with van der Waals surface area (Å²) < 4.78 is 5.87. The number of hydrogen-bond acceptors (Lipinski definition) is 1. The van der Waals surface area contributed by atoms with Crippen LogP contribution in [0.4, 0.5) is 0 Å². The minimum Gasteiger partial charge on any atom is -0.417 e. The maximum absolute atomic E-state index is 5.87. The van der Waals surface area contributed by atoms with Crippen LogP contribution in [-0.2, 0) is 4.43 Å². The molecule has 0 aliphatic heterocycles. The van der Waals surface area contributed by atoms with Crippen molar-refractivity contribution < 1.29 is 4.43 Å². The van der Waals surface area contributed by atoms with Crippen LogP contribution in [0.1, 0.15) is 39.5 Å². The number of rotatable bonds is 8. The lowest BCUT2D eigenvalue weighted by atomic mass is 10.1. The molecule has 0 spiro atoms. The molecule has 0 radical (unpaired) electrons. The molecule has 0 fully saturated rings. The highest BCUT2D eigenvalue weighted by atomic mass is 28.4. The Bertz CT molecular complexity index is 154. The van der Waals surface area contributed by atoms with Crippen molar-refractivity contribution in [2.24, 2.45) is 0 Å². The Balaban J connectivity index is 3.70. The molecule has 0 amide bonds. The first-order valence-corrected chi connectivity index (χ1v) is 8.78. The van der Waals surface area contributed by atoms with Gasteiger partial charge in [-0.05, 0) is 38.4 Å². The summed E-state index contributed by atoms with van der Waals surface area (Å²) in [5.74, 6) is 0. The highest BCUT2D eigenvalue weighted by molar-refractivity contribution is 6.72. The minimum absolute atomic E-state index is 0.771. The van der Waals surface area contributed by atoms with Gasteiger partial charge in [-0.25, -0.2) is 0 Å². The van der Waals surface area contributed by atoms with Crippen LogP contribution in [0.3, 0.4) is 0 Å². The molecule has 0 aliphatic carbocycles. The van der Waals surface area contributed by atoms with Gasteiger partial charge in [0.2, 0.25) is 0 Å². The van der Waals surface area contributed by atoms with Gasteiger partial charge in [-0.1, -0.05) is 25.8 Å². The number of allylic oxidation sites excluding steroid dienone is 1. The van der Waals surface area contributed by atoms with Crippen molar-refractivity contribution in [3.05, 3.63) is 12.7 Å². The second-order valence-electron chi connectivity index (χ2n) is 4.51. The van der Waals surface area contributed by atoms with E-state index < -0.39 is 8.32 Å². The van der Waals surface area contributed by atoms with Crippen molar-refractivity contribution in [3.63, 3.8) is 0 Å². The first kappa shape index (κ1) is 13.9. The van der Waals surface area contributed by atoms with Crippen LogP contribution >= 0.6 is 0 Å². The predicted molar refractivity (Wildman–Crippen MR) is 67.2 cm³/mol. The summed E-state index contributed by atoms with van der Waals surface area (Å²) in [4.78, 5) is 0. The Labute approximate surface area is 90.7 Å². The quantitative estimate of drug-likeness (QED) is 0.331. The van der Waals surface area contributed by atoms with Gasteiger partial charge >= 0.3 is 0 Å². The molecule has 0 aromatic heterocycles. The van der Waals surface area contributed by atoms with E-state index in [4.69, 9.17) is 4.43 Å². The Hall–Kier alpha value is -0.0831. The van der Waals surface area contributed by atoms with Gasteiger partial charge in [0, 0.05) is 6.61 Å². The summed E-state index contributed by atoms with van der Waals surface area (Å²) in [7, 11) is -1.39. The molecule has 0 aliphatic rings. The average molecular weight is 214 g/mol. The second kappa shape index (κ2) is 7.24. The summed E-state index contributed by atoms with van der Waals surface area (Å²) >= 11 is 0. The lowest BCUT2D eigenvalue weighted by Gasteiger charge is -2.29. The van der Waals surface area contributed by atoms with Gasteiger partial charge < -0.3 is 4.43 Å². The molecule has 1 atom stereocenters. The molecule has 0 aromatic rings. The molecule has 0 saturated heterocycles. The van der Waals surface area contributed by atoms with E-state index in [-0.39, 0.29) is 0 Å². The third-order valence-electron chi connectivity index (χ3n) is 3.00. The van der Waals surface area contributed by atoms with E-state index in [1.807, 2.05) is 6.08 Å². The lowest BCUT2D eigenvalue weighted by Crippen LogP contribution is -2.35. The van der Waals surface area contributed by atoms with Crippen molar-refractivity contribution in [3.8, 4) is 0 Å². The van der Waals surface area contributed by atoms with Crippen LogP contribution in [0, 0.1) is 0 Å². The van der Waals surface area contributed by atoms with Gasteiger partial charge in [-0.15, -0.1) is 6.58 Å². The first-order valence-electron chi connectivity index (χ1n) is 5.79. The molecule has 0 rings (SSSR count). The standard InChI is InChI=1S/C12H26OSi/c1-6-8-9-10-11-12(3)14(4,5)13-7-2/h6,12H,1,7-11H2,2-5H3. The number of unbranched alkanes of at least 4 members (excludes halogenated alkanes) is 2. The van der Waals surface area contributed by atoms with Gasteiger partial charge in [0.25, 0.3) is 0 Å². The molecule has 1 unspecified atom stereocenters. The fourth-order valence-electron chi connectivity index (χ4n) is 1.60. The monoisotopic (exact) mass is 214 g/mol. The molecule has 2 heteroatoms. The molecule has 14 heavy (non-hydrogen) atoms. The van der Waals surface area contributed by atoms with E-state index in [0.717, 1.165) is 18.6 Å².